The predicted octanol–water partition coefficient (Wildman–Crippen LogP) is -0.663. The normalized spacial score (nSPS) is 32.0. The maximum Gasteiger partial charge on any atom is 0.0864 e. The number of hydrogen-bond acceptors (Lipinski definition) is 2. The summed E-state index contributed by atoms with van der Waals surface area (Å²) in [5, 5.41) is 4.17. The van der Waals surface area contributed by atoms with Gasteiger partial charge in [0.2, 0.25) is 0 Å². The molecule has 1 radical (unpaired) electrons. The molecule has 1 heterocycles. The van der Waals surface area contributed by atoms with Crippen molar-refractivity contribution >= 4 is 0 Å². The lowest BCUT2D eigenvalue weighted by Gasteiger charge is -2.25. The topological polar surface area (TPSA) is 49.4 Å². The summed E-state index contributed by atoms with van der Waals surface area (Å²) in [4.78, 5) is 0. The molecule has 0 aromatic heterocycles. The lowest BCUT2D eigenvalue weighted by Crippen LogP contribution is -2.44. The average molecular weight is 129 g/mol. The quantitative estimate of drug-likeness (QED) is 0.511. The average Bonchev–Trinajstić information content (AvgIpc) is 1.90. The lowest BCUT2D eigenvalue weighted by atomic mass is 10.2. The predicted molar refractivity (Wildman–Crippen MR) is 35.3 cm³/mol. The minimum absolute atomic E-state index is 0.119. The standard InChI is InChI=1S/C6H13N2O/c1-5(7)6-4-8-2-3-9-6/h5-6H,2-4,7H2,1H3. The Kier molecular flexibility index (Phi) is 2.45. The third-order valence-electron chi connectivity index (χ3n) is 1.48. The molecule has 0 aromatic carbocycles. The van der Waals surface area contributed by atoms with Gasteiger partial charge in [0.25, 0.3) is 0 Å². The van der Waals surface area contributed by atoms with Gasteiger partial charge < -0.3 is 10.5 Å². The summed E-state index contributed by atoms with van der Waals surface area (Å²) >= 11 is 0. The van der Waals surface area contributed by atoms with Gasteiger partial charge >= 0.3 is 0 Å². The molecule has 1 aliphatic heterocycles. The Morgan fingerprint density at radius 3 is 2.89 bits per heavy atom. The van der Waals surface area contributed by atoms with Gasteiger partial charge in [0.05, 0.1) is 12.7 Å². The van der Waals surface area contributed by atoms with Gasteiger partial charge in [-0.1, -0.05) is 0 Å². The van der Waals surface area contributed by atoms with Crippen LogP contribution in [0.5, 0.6) is 0 Å². The Hall–Kier alpha value is -0.120. The Morgan fingerprint density at radius 2 is 2.56 bits per heavy atom. The van der Waals surface area contributed by atoms with Crippen molar-refractivity contribution in [3.63, 3.8) is 0 Å². The molecule has 0 bridgehead atoms. The van der Waals surface area contributed by atoms with Crippen LogP contribution in [0.4, 0.5) is 0 Å². The molecule has 0 aliphatic carbocycles. The second-order valence-corrected chi connectivity index (χ2v) is 2.40. The molecule has 9 heavy (non-hydrogen) atoms. The fourth-order valence-electron chi connectivity index (χ4n) is 0.858. The van der Waals surface area contributed by atoms with Gasteiger partial charge in [-0.2, -0.15) is 0 Å². The summed E-state index contributed by atoms with van der Waals surface area (Å²) in [7, 11) is 0. The summed E-state index contributed by atoms with van der Waals surface area (Å²) in [5.41, 5.74) is 5.58. The fourth-order valence-corrected chi connectivity index (χ4v) is 0.858. The van der Waals surface area contributed by atoms with Crippen molar-refractivity contribution < 1.29 is 4.74 Å². The highest BCUT2D eigenvalue weighted by Gasteiger charge is 2.17. The van der Waals surface area contributed by atoms with E-state index in [1.807, 2.05) is 6.92 Å². The van der Waals surface area contributed by atoms with Gasteiger partial charge in [-0.25, -0.2) is 5.32 Å². The van der Waals surface area contributed by atoms with Crippen LogP contribution in [0.1, 0.15) is 6.92 Å². The lowest BCUT2D eigenvalue weighted by molar-refractivity contribution is 0.0147. The molecule has 0 spiro atoms. The van der Waals surface area contributed by atoms with Gasteiger partial charge in [-0.15, -0.1) is 0 Å². The van der Waals surface area contributed by atoms with Gasteiger partial charge in [-0.05, 0) is 6.92 Å². The molecule has 1 saturated heterocycles. The van der Waals surface area contributed by atoms with E-state index in [0.717, 1.165) is 19.7 Å². The minimum Gasteiger partial charge on any atom is -0.374 e. The number of rotatable bonds is 1. The highest BCUT2D eigenvalue weighted by atomic mass is 16.5. The van der Waals surface area contributed by atoms with Crippen LogP contribution in [0.3, 0.4) is 0 Å². The number of nitrogens with two attached hydrogens (primary N) is 1. The van der Waals surface area contributed by atoms with Crippen molar-refractivity contribution in [2.45, 2.75) is 19.1 Å². The summed E-state index contributed by atoms with van der Waals surface area (Å²) in [6.07, 6.45) is 0.166. The smallest absolute Gasteiger partial charge is 0.0864 e. The van der Waals surface area contributed by atoms with E-state index in [0.29, 0.717) is 0 Å². The zero-order valence-corrected chi connectivity index (χ0v) is 5.71. The van der Waals surface area contributed by atoms with Crippen molar-refractivity contribution in [2.75, 3.05) is 19.7 Å². The largest absolute Gasteiger partial charge is 0.374 e. The molecule has 0 aromatic rings. The van der Waals surface area contributed by atoms with E-state index in [1.165, 1.54) is 0 Å². The Labute approximate surface area is 55.6 Å². The molecule has 0 amide bonds. The Morgan fingerprint density at radius 1 is 1.78 bits per heavy atom. The van der Waals surface area contributed by atoms with Crippen LogP contribution < -0.4 is 11.1 Å². The third-order valence-corrected chi connectivity index (χ3v) is 1.48. The maximum atomic E-state index is 5.58. The number of morpholine rings is 1. The first-order valence-corrected chi connectivity index (χ1v) is 3.31. The second-order valence-electron chi connectivity index (χ2n) is 2.40. The summed E-state index contributed by atoms with van der Waals surface area (Å²) in [5.74, 6) is 0. The number of hydrogen-bond donors (Lipinski definition) is 1. The molecule has 53 valence electrons. The van der Waals surface area contributed by atoms with E-state index in [9.17, 15) is 0 Å². The van der Waals surface area contributed by atoms with E-state index in [1.54, 1.807) is 0 Å². The Bertz CT molecular complexity index is 79.1. The van der Waals surface area contributed by atoms with Crippen LogP contribution in [0.2, 0.25) is 0 Å². The summed E-state index contributed by atoms with van der Waals surface area (Å²) in [6.45, 7) is 4.30. The van der Waals surface area contributed by atoms with Crippen molar-refractivity contribution in [1.29, 1.82) is 0 Å². The molecular formula is C6H13N2O. The van der Waals surface area contributed by atoms with Crippen LogP contribution in [-0.2, 0) is 4.74 Å². The van der Waals surface area contributed by atoms with E-state index in [4.69, 9.17) is 10.5 Å². The molecule has 3 heteroatoms. The number of nitrogens with zero attached hydrogens (tertiary/aromatic N) is 1. The van der Waals surface area contributed by atoms with Crippen molar-refractivity contribution in [1.82, 2.24) is 5.32 Å². The second kappa shape index (κ2) is 3.15. The first kappa shape index (κ1) is 6.99. The molecule has 2 unspecified atom stereocenters. The Balaban J connectivity index is 2.23. The van der Waals surface area contributed by atoms with E-state index in [-0.39, 0.29) is 12.1 Å². The summed E-state index contributed by atoms with van der Waals surface area (Å²) in [6, 6.07) is 0.119. The van der Waals surface area contributed by atoms with E-state index in [2.05, 4.69) is 5.32 Å². The van der Waals surface area contributed by atoms with Crippen molar-refractivity contribution in [2.24, 2.45) is 5.73 Å². The molecule has 1 aliphatic rings. The van der Waals surface area contributed by atoms with Gasteiger partial charge in [0, 0.05) is 19.1 Å². The molecule has 0 saturated carbocycles. The molecule has 2 N–H and O–H groups in total. The monoisotopic (exact) mass is 129 g/mol. The highest BCUT2D eigenvalue weighted by molar-refractivity contribution is 4.73. The van der Waals surface area contributed by atoms with Crippen molar-refractivity contribution in [3.8, 4) is 0 Å². The van der Waals surface area contributed by atoms with Gasteiger partial charge in [-0.3, -0.25) is 0 Å². The van der Waals surface area contributed by atoms with Crippen LogP contribution in [0.15, 0.2) is 0 Å². The zero-order valence-electron chi connectivity index (χ0n) is 5.71. The molecule has 3 nitrogen and oxygen atoms in total. The number of ether oxygens (including phenoxy) is 1. The maximum absolute atomic E-state index is 5.58. The molecule has 2 atom stereocenters. The third kappa shape index (κ3) is 1.93. The summed E-state index contributed by atoms with van der Waals surface area (Å²) < 4.78 is 5.32. The zero-order chi connectivity index (χ0) is 6.69. The SMILES string of the molecule is CC(N)C1C[N]CCO1. The highest BCUT2D eigenvalue weighted by Crippen LogP contribution is 1.99. The van der Waals surface area contributed by atoms with E-state index < -0.39 is 0 Å². The fraction of sp³-hybridized carbons (Fsp3) is 1.00. The molecular weight excluding hydrogens is 116 g/mol. The minimum atomic E-state index is 0.119. The van der Waals surface area contributed by atoms with Gasteiger partial charge in [0.15, 0.2) is 0 Å². The van der Waals surface area contributed by atoms with Gasteiger partial charge in [0.1, 0.15) is 0 Å². The van der Waals surface area contributed by atoms with Crippen LogP contribution in [0.25, 0.3) is 0 Å². The van der Waals surface area contributed by atoms with Crippen molar-refractivity contribution in [3.05, 3.63) is 0 Å². The van der Waals surface area contributed by atoms with E-state index >= 15 is 0 Å². The first-order valence-electron chi connectivity index (χ1n) is 3.31. The van der Waals surface area contributed by atoms with Crippen LogP contribution in [-0.4, -0.2) is 31.8 Å². The first-order chi connectivity index (χ1) is 4.30. The van der Waals surface area contributed by atoms with Crippen LogP contribution >= 0.6 is 0 Å². The molecule has 1 rings (SSSR count). The molecule has 1 fully saturated rings. The van der Waals surface area contributed by atoms with Crippen LogP contribution in [0, 0.1) is 0 Å².